The number of nitrogens with zero attached hydrogens (tertiary/aromatic N) is 1. The van der Waals surface area contributed by atoms with Crippen LogP contribution in [-0.4, -0.2) is 41.9 Å². The molecular weight excluding hydrogens is 388 g/mol. The summed E-state index contributed by atoms with van der Waals surface area (Å²) in [6, 6.07) is 18.1. The fourth-order valence-corrected chi connectivity index (χ4v) is 3.83. The van der Waals surface area contributed by atoms with Crippen molar-refractivity contribution in [2.24, 2.45) is 0 Å². The lowest BCUT2D eigenvalue weighted by Crippen LogP contribution is -2.49. The fraction of sp³-hybridized carbons (Fsp3) is 0.462. The van der Waals surface area contributed by atoms with Crippen LogP contribution in [0.1, 0.15) is 57.1 Å². The second-order valence-electron chi connectivity index (χ2n) is 8.63. The number of carbonyl (C=O) groups is 2. The Labute approximate surface area is 185 Å². The molecule has 0 saturated carbocycles. The summed E-state index contributed by atoms with van der Waals surface area (Å²) < 4.78 is 5.81. The van der Waals surface area contributed by atoms with Crippen molar-refractivity contribution in [1.29, 1.82) is 0 Å². The molecule has 1 atom stereocenters. The first-order chi connectivity index (χ1) is 14.9. The maximum absolute atomic E-state index is 12.5. The van der Waals surface area contributed by atoms with Crippen LogP contribution in [0.2, 0.25) is 0 Å². The average molecular weight is 423 g/mol. The zero-order valence-electron chi connectivity index (χ0n) is 18.8. The van der Waals surface area contributed by atoms with Crippen molar-refractivity contribution in [3.05, 3.63) is 65.7 Å². The van der Waals surface area contributed by atoms with Crippen molar-refractivity contribution in [2.75, 3.05) is 13.1 Å². The third-order valence-corrected chi connectivity index (χ3v) is 5.89. The normalized spacial score (nSPS) is 15.5. The molecule has 166 valence electrons. The first-order valence-corrected chi connectivity index (χ1v) is 11.3. The van der Waals surface area contributed by atoms with E-state index >= 15 is 0 Å². The number of hydrogen-bond acceptors (Lipinski definition) is 3. The topological polar surface area (TPSA) is 58.6 Å². The molecule has 1 saturated heterocycles. The third-order valence-electron chi connectivity index (χ3n) is 5.89. The summed E-state index contributed by atoms with van der Waals surface area (Å²) >= 11 is 0. The summed E-state index contributed by atoms with van der Waals surface area (Å²) in [6.45, 7) is 7.44. The summed E-state index contributed by atoms with van der Waals surface area (Å²) in [6.07, 6.45) is 2.29. The number of piperidine rings is 1. The van der Waals surface area contributed by atoms with E-state index in [4.69, 9.17) is 4.74 Å². The predicted octanol–water partition coefficient (Wildman–Crippen LogP) is 4.32. The zero-order chi connectivity index (χ0) is 22.2. The molecule has 1 N–H and O–H groups in total. The van der Waals surface area contributed by atoms with Crippen molar-refractivity contribution in [3.63, 3.8) is 0 Å². The van der Waals surface area contributed by atoms with Crippen LogP contribution in [0.4, 0.5) is 0 Å². The van der Waals surface area contributed by atoms with Gasteiger partial charge in [-0.2, -0.15) is 0 Å². The Morgan fingerprint density at radius 1 is 1.00 bits per heavy atom. The quantitative estimate of drug-likeness (QED) is 0.689. The van der Waals surface area contributed by atoms with E-state index in [9.17, 15) is 9.59 Å². The molecule has 0 aliphatic carbocycles. The molecule has 1 aliphatic heterocycles. The minimum atomic E-state index is -0.560. The van der Waals surface area contributed by atoms with Gasteiger partial charge in [0.25, 0.3) is 5.91 Å². The highest BCUT2D eigenvalue weighted by atomic mass is 16.5. The van der Waals surface area contributed by atoms with Gasteiger partial charge in [0.2, 0.25) is 5.91 Å². The summed E-state index contributed by atoms with van der Waals surface area (Å²) in [4.78, 5) is 27.0. The van der Waals surface area contributed by atoms with Gasteiger partial charge in [-0.1, -0.05) is 56.3 Å². The Hall–Kier alpha value is -2.82. The largest absolute Gasteiger partial charge is 0.481 e. The molecule has 0 spiro atoms. The third kappa shape index (κ3) is 6.84. The number of rotatable bonds is 8. The number of likely N-dealkylation sites (tertiary alicyclic amines) is 1. The van der Waals surface area contributed by atoms with E-state index in [1.165, 1.54) is 11.1 Å². The molecule has 5 nitrogen and oxygen atoms in total. The van der Waals surface area contributed by atoms with Gasteiger partial charge in [-0.3, -0.25) is 9.59 Å². The molecule has 0 radical (unpaired) electrons. The number of hydrogen-bond donors (Lipinski definition) is 1. The smallest absolute Gasteiger partial charge is 0.260 e. The molecule has 0 aromatic heterocycles. The van der Waals surface area contributed by atoms with Crippen molar-refractivity contribution in [2.45, 2.75) is 64.5 Å². The highest BCUT2D eigenvalue weighted by molar-refractivity contribution is 5.81. The van der Waals surface area contributed by atoms with E-state index < -0.39 is 6.10 Å². The van der Waals surface area contributed by atoms with E-state index in [2.05, 4.69) is 31.3 Å². The SMILES string of the molecule is CC(Oc1ccc(C(C)C)cc1)C(=O)NC1CCN(C(=O)CCc2ccccc2)CC1. The molecule has 0 bridgehead atoms. The number of ether oxygens (including phenoxy) is 1. The Balaban J connectivity index is 1.39. The molecule has 1 unspecified atom stereocenters. The molecule has 2 aromatic rings. The second kappa shape index (κ2) is 11.0. The summed E-state index contributed by atoms with van der Waals surface area (Å²) in [5, 5.41) is 3.08. The van der Waals surface area contributed by atoms with Crippen LogP contribution in [0.25, 0.3) is 0 Å². The molecule has 31 heavy (non-hydrogen) atoms. The molecule has 5 heteroatoms. The van der Waals surface area contributed by atoms with Gasteiger partial charge >= 0.3 is 0 Å². The van der Waals surface area contributed by atoms with Crippen molar-refractivity contribution in [3.8, 4) is 5.75 Å². The Bertz CT molecular complexity index is 841. The van der Waals surface area contributed by atoms with Gasteiger partial charge in [-0.05, 0) is 55.4 Å². The van der Waals surface area contributed by atoms with Gasteiger partial charge in [-0.25, -0.2) is 0 Å². The summed E-state index contributed by atoms with van der Waals surface area (Å²) in [7, 11) is 0. The van der Waals surface area contributed by atoms with Gasteiger partial charge in [-0.15, -0.1) is 0 Å². The van der Waals surface area contributed by atoms with Gasteiger partial charge in [0.1, 0.15) is 5.75 Å². The lowest BCUT2D eigenvalue weighted by molar-refractivity contribution is -0.132. The van der Waals surface area contributed by atoms with E-state index in [0.717, 1.165) is 19.3 Å². The second-order valence-corrected chi connectivity index (χ2v) is 8.63. The predicted molar refractivity (Wildman–Crippen MR) is 123 cm³/mol. The van der Waals surface area contributed by atoms with Crippen LogP contribution in [0.5, 0.6) is 5.75 Å². The maximum Gasteiger partial charge on any atom is 0.260 e. The lowest BCUT2D eigenvalue weighted by atomic mass is 10.0. The highest BCUT2D eigenvalue weighted by Crippen LogP contribution is 2.20. The van der Waals surface area contributed by atoms with E-state index in [-0.39, 0.29) is 17.9 Å². The van der Waals surface area contributed by atoms with E-state index in [1.807, 2.05) is 47.4 Å². The standard InChI is InChI=1S/C26H34N2O3/c1-19(2)22-10-12-24(13-11-22)31-20(3)26(30)27-23-15-17-28(18-16-23)25(29)14-9-21-7-5-4-6-8-21/h4-8,10-13,19-20,23H,9,14-18H2,1-3H3,(H,27,30). The molecule has 2 amide bonds. The minimum Gasteiger partial charge on any atom is -0.481 e. The molecule has 1 fully saturated rings. The molecule has 2 aromatic carbocycles. The number of carbonyl (C=O) groups excluding carboxylic acids is 2. The molecule has 1 aliphatic rings. The van der Waals surface area contributed by atoms with Gasteiger partial charge < -0.3 is 15.0 Å². The van der Waals surface area contributed by atoms with Crippen LogP contribution in [0.3, 0.4) is 0 Å². The summed E-state index contributed by atoms with van der Waals surface area (Å²) in [5.74, 6) is 1.24. The average Bonchev–Trinajstić information content (AvgIpc) is 2.79. The van der Waals surface area contributed by atoms with E-state index in [1.54, 1.807) is 6.92 Å². The van der Waals surface area contributed by atoms with Crippen LogP contribution < -0.4 is 10.1 Å². The molecular formula is C26H34N2O3. The van der Waals surface area contributed by atoms with Gasteiger partial charge in [0, 0.05) is 25.6 Å². The Kier molecular flexibility index (Phi) is 8.10. The molecule has 1 heterocycles. The number of amides is 2. The highest BCUT2D eigenvalue weighted by Gasteiger charge is 2.25. The summed E-state index contributed by atoms with van der Waals surface area (Å²) in [5.41, 5.74) is 2.43. The van der Waals surface area contributed by atoms with Gasteiger partial charge in [0.15, 0.2) is 6.10 Å². The van der Waals surface area contributed by atoms with Gasteiger partial charge in [0.05, 0.1) is 0 Å². The molecule has 3 rings (SSSR count). The number of benzene rings is 2. The van der Waals surface area contributed by atoms with Crippen molar-refractivity contribution >= 4 is 11.8 Å². The zero-order valence-corrected chi connectivity index (χ0v) is 18.8. The Morgan fingerprint density at radius 2 is 1.65 bits per heavy atom. The minimum absolute atomic E-state index is 0.0834. The first kappa shape index (κ1) is 22.9. The Morgan fingerprint density at radius 3 is 2.26 bits per heavy atom. The maximum atomic E-state index is 12.5. The van der Waals surface area contributed by atoms with Crippen LogP contribution >= 0.6 is 0 Å². The van der Waals surface area contributed by atoms with Crippen molar-refractivity contribution in [1.82, 2.24) is 10.2 Å². The van der Waals surface area contributed by atoms with Crippen LogP contribution in [0, 0.1) is 0 Å². The van der Waals surface area contributed by atoms with Crippen LogP contribution in [-0.2, 0) is 16.0 Å². The van der Waals surface area contributed by atoms with Crippen molar-refractivity contribution < 1.29 is 14.3 Å². The number of aryl methyl sites for hydroxylation is 1. The first-order valence-electron chi connectivity index (χ1n) is 11.3. The monoisotopic (exact) mass is 422 g/mol. The fourth-order valence-electron chi connectivity index (χ4n) is 3.83. The van der Waals surface area contributed by atoms with E-state index in [0.29, 0.717) is 31.2 Å². The van der Waals surface area contributed by atoms with Crippen LogP contribution in [0.15, 0.2) is 54.6 Å². The number of nitrogens with one attached hydrogen (secondary N) is 1. The lowest BCUT2D eigenvalue weighted by Gasteiger charge is -2.33.